The number of nitrogens with one attached hydrogen (secondary N) is 2. The number of methoxy groups -OCH3 is 1. The SMILES string of the molecule is CCNC1CCN(c2cc(OC)c(C(=O)Nc3cc(F)c4nc(C)cn4c3)c3nn(C)cc23)C1. The number of hydrogen-bond acceptors (Lipinski definition) is 6. The number of rotatable bonds is 6. The minimum Gasteiger partial charge on any atom is -0.496 e. The first kappa shape index (κ1) is 22.1. The summed E-state index contributed by atoms with van der Waals surface area (Å²) in [5.74, 6) is -0.513. The summed E-state index contributed by atoms with van der Waals surface area (Å²) < 4.78 is 23.5. The van der Waals surface area contributed by atoms with E-state index in [0.29, 0.717) is 34.3 Å². The number of imidazole rings is 1. The Hall–Kier alpha value is -3.66. The molecule has 0 aliphatic carbocycles. The minimum absolute atomic E-state index is 0.214. The van der Waals surface area contributed by atoms with Gasteiger partial charge in [-0.15, -0.1) is 0 Å². The minimum atomic E-state index is -0.513. The second kappa shape index (κ2) is 8.60. The third kappa shape index (κ3) is 3.83. The van der Waals surface area contributed by atoms with E-state index < -0.39 is 11.7 Å². The zero-order valence-electron chi connectivity index (χ0n) is 19.7. The van der Waals surface area contributed by atoms with E-state index in [1.54, 1.807) is 28.4 Å². The summed E-state index contributed by atoms with van der Waals surface area (Å²) in [4.78, 5) is 19.9. The topological polar surface area (TPSA) is 88.7 Å². The molecule has 1 saturated heterocycles. The number of halogens is 1. The summed E-state index contributed by atoms with van der Waals surface area (Å²) in [5, 5.41) is 11.8. The van der Waals surface area contributed by atoms with Crippen molar-refractivity contribution in [2.45, 2.75) is 26.3 Å². The van der Waals surface area contributed by atoms with Crippen LogP contribution in [0.15, 0.2) is 30.7 Å². The molecule has 10 heteroatoms. The van der Waals surface area contributed by atoms with Crippen molar-refractivity contribution in [3.63, 3.8) is 0 Å². The van der Waals surface area contributed by atoms with Crippen LogP contribution in [0, 0.1) is 12.7 Å². The first-order valence-electron chi connectivity index (χ1n) is 11.4. The number of anilines is 2. The monoisotopic (exact) mass is 465 g/mol. The zero-order valence-corrected chi connectivity index (χ0v) is 19.7. The van der Waals surface area contributed by atoms with Crippen LogP contribution in [0.4, 0.5) is 15.8 Å². The summed E-state index contributed by atoms with van der Waals surface area (Å²) >= 11 is 0. The number of hydrogen-bond donors (Lipinski definition) is 2. The molecule has 1 aliphatic rings. The highest BCUT2D eigenvalue weighted by Crippen LogP contribution is 2.37. The van der Waals surface area contributed by atoms with E-state index in [2.05, 4.69) is 32.5 Å². The number of carbonyl (C=O) groups excluding carboxylic acids is 1. The van der Waals surface area contributed by atoms with E-state index in [9.17, 15) is 9.18 Å². The van der Waals surface area contributed by atoms with Gasteiger partial charge in [0.25, 0.3) is 5.91 Å². The van der Waals surface area contributed by atoms with Crippen LogP contribution < -0.4 is 20.3 Å². The van der Waals surface area contributed by atoms with Crippen molar-refractivity contribution >= 4 is 33.8 Å². The van der Waals surface area contributed by atoms with Crippen molar-refractivity contribution in [3.05, 3.63) is 47.8 Å². The van der Waals surface area contributed by atoms with Crippen LogP contribution in [0.1, 0.15) is 29.4 Å². The fraction of sp³-hybridized carbons (Fsp3) is 0.375. The molecule has 1 unspecified atom stereocenters. The molecule has 1 aromatic carbocycles. The zero-order chi connectivity index (χ0) is 24.0. The molecular weight excluding hydrogens is 437 g/mol. The first-order valence-corrected chi connectivity index (χ1v) is 11.4. The number of pyridine rings is 1. The third-order valence-corrected chi connectivity index (χ3v) is 6.21. The summed E-state index contributed by atoms with van der Waals surface area (Å²) in [7, 11) is 3.37. The predicted octanol–water partition coefficient (Wildman–Crippen LogP) is 3.12. The molecule has 0 saturated carbocycles. The van der Waals surface area contributed by atoms with Gasteiger partial charge in [0.05, 0.1) is 24.2 Å². The number of nitrogens with zero attached hydrogens (tertiary/aromatic N) is 5. The fourth-order valence-corrected chi connectivity index (χ4v) is 4.77. The van der Waals surface area contributed by atoms with Crippen molar-refractivity contribution < 1.29 is 13.9 Å². The molecule has 9 nitrogen and oxygen atoms in total. The maximum absolute atomic E-state index is 14.5. The lowest BCUT2D eigenvalue weighted by atomic mass is 10.1. The van der Waals surface area contributed by atoms with Gasteiger partial charge in [-0.3, -0.25) is 9.48 Å². The second-order valence-corrected chi connectivity index (χ2v) is 8.67. The maximum atomic E-state index is 14.5. The molecule has 3 aromatic heterocycles. The molecule has 4 heterocycles. The van der Waals surface area contributed by atoms with Crippen molar-refractivity contribution in [3.8, 4) is 5.75 Å². The van der Waals surface area contributed by atoms with E-state index in [4.69, 9.17) is 4.74 Å². The van der Waals surface area contributed by atoms with Gasteiger partial charge < -0.3 is 24.7 Å². The van der Waals surface area contributed by atoms with Gasteiger partial charge in [-0.25, -0.2) is 9.37 Å². The lowest BCUT2D eigenvalue weighted by Crippen LogP contribution is -2.32. The Morgan fingerprint density at radius 2 is 2.12 bits per heavy atom. The number of aryl methyl sites for hydroxylation is 2. The molecule has 0 spiro atoms. The summed E-state index contributed by atoms with van der Waals surface area (Å²) in [6.45, 7) is 6.59. The van der Waals surface area contributed by atoms with Crippen LogP contribution in [0.2, 0.25) is 0 Å². The van der Waals surface area contributed by atoms with Gasteiger partial charge >= 0.3 is 0 Å². The number of likely N-dealkylation sites (N-methyl/N-ethyl adjacent to an activating group) is 1. The first-order chi connectivity index (χ1) is 16.4. The number of aromatic nitrogens is 4. The molecule has 1 atom stereocenters. The Kier molecular flexibility index (Phi) is 5.60. The molecular formula is C24H28FN7O2. The van der Waals surface area contributed by atoms with Gasteiger partial charge in [0.15, 0.2) is 11.5 Å². The molecule has 4 aromatic rings. The summed E-state index contributed by atoms with van der Waals surface area (Å²) in [6.07, 6.45) is 6.30. The third-order valence-electron chi connectivity index (χ3n) is 6.21. The number of fused-ring (bicyclic) bond motifs is 2. The van der Waals surface area contributed by atoms with Crippen molar-refractivity contribution in [1.82, 2.24) is 24.5 Å². The number of ether oxygens (including phenoxy) is 1. The Morgan fingerprint density at radius 3 is 2.88 bits per heavy atom. The standard InChI is InChI=1S/C24H28FN7O2/c1-5-26-15-6-7-31(11-15)19-9-20(34-4)21(22-17(19)13-30(3)29-22)24(33)28-16-8-18(25)23-27-14(2)10-32(23)12-16/h8-10,12-13,15,26H,5-7,11H2,1-4H3,(H,28,33). The quantitative estimate of drug-likeness (QED) is 0.455. The Balaban J connectivity index is 1.54. The van der Waals surface area contributed by atoms with Crippen molar-refractivity contribution in [2.24, 2.45) is 7.05 Å². The van der Waals surface area contributed by atoms with E-state index in [1.807, 2.05) is 19.3 Å². The van der Waals surface area contributed by atoms with Gasteiger partial charge in [-0.1, -0.05) is 6.92 Å². The highest BCUT2D eigenvalue weighted by atomic mass is 19.1. The fourth-order valence-electron chi connectivity index (χ4n) is 4.77. The van der Waals surface area contributed by atoms with E-state index in [-0.39, 0.29) is 5.65 Å². The molecule has 0 radical (unpaired) electrons. The van der Waals surface area contributed by atoms with E-state index in [0.717, 1.165) is 37.1 Å². The smallest absolute Gasteiger partial charge is 0.261 e. The lowest BCUT2D eigenvalue weighted by Gasteiger charge is -2.22. The molecule has 2 N–H and O–H groups in total. The molecule has 1 aliphatic heterocycles. The average Bonchev–Trinajstić information content (AvgIpc) is 3.50. The van der Waals surface area contributed by atoms with Gasteiger partial charge in [0, 0.05) is 62.3 Å². The van der Waals surface area contributed by atoms with Crippen LogP contribution in [-0.4, -0.2) is 57.9 Å². The van der Waals surface area contributed by atoms with Gasteiger partial charge in [-0.05, 0) is 19.9 Å². The Labute approximate surface area is 196 Å². The largest absolute Gasteiger partial charge is 0.496 e. The van der Waals surface area contributed by atoms with Crippen LogP contribution in [0.3, 0.4) is 0 Å². The molecule has 1 amide bonds. The Morgan fingerprint density at radius 1 is 1.29 bits per heavy atom. The second-order valence-electron chi connectivity index (χ2n) is 8.67. The number of amides is 1. The summed E-state index contributed by atoms with van der Waals surface area (Å²) in [5.41, 5.74) is 3.06. The van der Waals surface area contributed by atoms with Crippen molar-refractivity contribution in [1.29, 1.82) is 0 Å². The van der Waals surface area contributed by atoms with Crippen molar-refractivity contribution in [2.75, 3.05) is 37.0 Å². The Bertz CT molecular complexity index is 1390. The molecule has 5 rings (SSSR count). The highest BCUT2D eigenvalue weighted by Gasteiger charge is 2.28. The lowest BCUT2D eigenvalue weighted by molar-refractivity contribution is 0.102. The van der Waals surface area contributed by atoms with E-state index in [1.165, 1.54) is 13.2 Å². The normalized spacial score (nSPS) is 16.0. The molecule has 178 valence electrons. The van der Waals surface area contributed by atoms with Crippen LogP contribution >= 0.6 is 0 Å². The van der Waals surface area contributed by atoms with Gasteiger partial charge in [0.2, 0.25) is 0 Å². The number of benzene rings is 1. The van der Waals surface area contributed by atoms with Crippen LogP contribution in [-0.2, 0) is 7.05 Å². The number of carbonyl (C=O) groups is 1. The van der Waals surface area contributed by atoms with Gasteiger partial charge in [0.1, 0.15) is 16.8 Å². The highest BCUT2D eigenvalue weighted by molar-refractivity contribution is 6.16. The predicted molar refractivity (Wildman–Crippen MR) is 129 cm³/mol. The van der Waals surface area contributed by atoms with Crippen LogP contribution in [0.5, 0.6) is 5.75 Å². The summed E-state index contributed by atoms with van der Waals surface area (Å²) in [6, 6.07) is 3.58. The van der Waals surface area contributed by atoms with Crippen LogP contribution in [0.25, 0.3) is 16.6 Å². The van der Waals surface area contributed by atoms with Gasteiger partial charge in [-0.2, -0.15) is 5.10 Å². The molecule has 0 bridgehead atoms. The molecule has 34 heavy (non-hydrogen) atoms. The van der Waals surface area contributed by atoms with E-state index >= 15 is 0 Å². The average molecular weight is 466 g/mol. The molecule has 1 fully saturated rings. The maximum Gasteiger partial charge on any atom is 0.261 e.